The fourth-order valence-electron chi connectivity index (χ4n) is 3.55. The van der Waals surface area contributed by atoms with Crippen LogP contribution in [0.1, 0.15) is 25.7 Å². The van der Waals surface area contributed by atoms with Crippen LogP contribution in [0, 0.1) is 0 Å². The SMILES string of the molecule is CN1CCC2(CCC1=O)CN(C(=O)CCN(C)S(C)(=O)=O)CCN2C. The van der Waals surface area contributed by atoms with Gasteiger partial charge in [0.05, 0.1) is 6.26 Å². The van der Waals surface area contributed by atoms with Gasteiger partial charge in [-0.25, -0.2) is 12.7 Å². The van der Waals surface area contributed by atoms with Gasteiger partial charge in [-0.1, -0.05) is 0 Å². The summed E-state index contributed by atoms with van der Waals surface area (Å²) in [5.74, 6) is 0.135. The first-order chi connectivity index (χ1) is 11.5. The van der Waals surface area contributed by atoms with Crippen molar-refractivity contribution in [1.82, 2.24) is 19.0 Å². The molecular weight excluding hydrogens is 344 g/mol. The van der Waals surface area contributed by atoms with Gasteiger partial charge >= 0.3 is 0 Å². The largest absolute Gasteiger partial charge is 0.346 e. The lowest BCUT2D eigenvalue weighted by molar-refractivity contribution is -0.137. The van der Waals surface area contributed by atoms with Crippen molar-refractivity contribution in [3.05, 3.63) is 0 Å². The highest BCUT2D eigenvalue weighted by Crippen LogP contribution is 2.32. The molecule has 2 heterocycles. The van der Waals surface area contributed by atoms with E-state index in [0.29, 0.717) is 26.1 Å². The molecule has 0 bridgehead atoms. The maximum atomic E-state index is 12.6. The lowest BCUT2D eigenvalue weighted by atomic mass is 9.86. The Morgan fingerprint density at radius 1 is 1.20 bits per heavy atom. The first-order valence-corrected chi connectivity index (χ1v) is 10.5. The van der Waals surface area contributed by atoms with E-state index >= 15 is 0 Å². The second-order valence-corrected chi connectivity index (χ2v) is 9.45. The average molecular weight is 375 g/mol. The Hall–Kier alpha value is -1.19. The minimum absolute atomic E-state index is 0.0214. The molecule has 2 amide bonds. The second-order valence-electron chi connectivity index (χ2n) is 7.36. The van der Waals surface area contributed by atoms with Crippen LogP contribution in [0.4, 0.5) is 0 Å². The molecule has 2 rings (SSSR count). The molecule has 0 aromatic heterocycles. The van der Waals surface area contributed by atoms with E-state index in [1.54, 1.807) is 4.90 Å². The summed E-state index contributed by atoms with van der Waals surface area (Å²) in [6.45, 7) is 2.90. The van der Waals surface area contributed by atoms with Gasteiger partial charge in [-0.05, 0) is 19.9 Å². The molecule has 0 aromatic rings. The molecule has 25 heavy (non-hydrogen) atoms. The van der Waals surface area contributed by atoms with Gasteiger partial charge < -0.3 is 9.80 Å². The molecule has 144 valence electrons. The zero-order valence-corrected chi connectivity index (χ0v) is 16.5. The standard InChI is InChI=1S/C16H30N4O4S/c1-17-10-8-16(7-5-14(17)21)13-20(12-11-18(16)2)15(22)6-9-19(3)25(4,23)24/h5-13H2,1-4H3. The summed E-state index contributed by atoms with van der Waals surface area (Å²) in [7, 11) is 2.11. The van der Waals surface area contributed by atoms with Gasteiger partial charge in [0, 0.05) is 65.2 Å². The number of amides is 2. The van der Waals surface area contributed by atoms with Crippen LogP contribution in [-0.4, -0.2) is 105 Å². The first kappa shape index (κ1) is 20.1. The molecule has 9 heteroatoms. The van der Waals surface area contributed by atoms with Gasteiger partial charge in [0.1, 0.15) is 0 Å². The molecule has 0 aliphatic carbocycles. The number of sulfonamides is 1. The number of carbonyl (C=O) groups is 2. The van der Waals surface area contributed by atoms with Crippen molar-refractivity contribution >= 4 is 21.8 Å². The van der Waals surface area contributed by atoms with Crippen molar-refractivity contribution in [2.75, 3.05) is 60.1 Å². The Balaban J connectivity index is 2.01. The van der Waals surface area contributed by atoms with Crippen LogP contribution in [0.2, 0.25) is 0 Å². The molecule has 0 saturated carbocycles. The summed E-state index contributed by atoms with van der Waals surface area (Å²) in [6, 6.07) is 0. The van der Waals surface area contributed by atoms with Gasteiger partial charge in [0.2, 0.25) is 21.8 Å². The summed E-state index contributed by atoms with van der Waals surface area (Å²) in [4.78, 5) is 30.5. The van der Waals surface area contributed by atoms with Crippen LogP contribution in [-0.2, 0) is 19.6 Å². The molecule has 2 aliphatic heterocycles. The number of hydrogen-bond acceptors (Lipinski definition) is 5. The normalized spacial score (nSPS) is 26.4. The highest BCUT2D eigenvalue weighted by Gasteiger charge is 2.42. The van der Waals surface area contributed by atoms with Gasteiger partial charge in [0.15, 0.2) is 0 Å². The van der Waals surface area contributed by atoms with Crippen molar-refractivity contribution < 1.29 is 18.0 Å². The fraction of sp³-hybridized carbons (Fsp3) is 0.875. The molecule has 2 aliphatic rings. The number of nitrogens with zero attached hydrogens (tertiary/aromatic N) is 4. The molecule has 2 saturated heterocycles. The lowest BCUT2D eigenvalue weighted by Gasteiger charge is -2.49. The summed E-state index contributed by atoms with van der Waals surface area (Å²) in [6.07, 6.45) is 3.42. The molecule has 1 spiro atoms. The zero-order valence-electron chi connectivity index (χ0n) is 15.7. The Kier molecular flexibility index (Phi) is 6.11. The van der Waals surface area contributed by atoms with Gasteiger partial charge in [-0.3, -0.25) is 14.5 Å². The third-order valence-electron chi connectivity index (χ3n) is 5.70. The van der Waals surface area contributed by atoms with E-state index in [1.165, 1.54) is 11.4 Å². The molecular formula is C16H30N4O4S. The monoisotopic (exact) mass is 374 g/mol. The van der Waals surface area contributed by atoms with Crippen LogP contribution in [0.25, 0.3) is 0 Å². The Bertz CT molecular complexity index is 624. The maximum Gasteiger partial charge on any atom is 0.224 e. The van der Waals surface area contributed by atoms with Gasteiger partial charge in [-0.2, -0.15) is 0 Å². The van der Waals surface area contributed by atoms with Gasteiger partial charge in [-0.15, -0.1) is 0 Å². The van der Waals surface area contributed by atoms with Crippen molar-refractivity contribution in [1.29, 1.82) is 0 Å². The highest BCUT2D eigenvalue weighted by molar-refractivity contribution is 7.88. The van der Waals surface area contributed by atoms with Crippen LogP contribution in [0.3, 0.4) is 0 Å². The van der Waals surface area contributed by atoms with E-state index < -0.39 is 10.0 Å². The molecule has 0 radical (unpaired) electrons. The third kappa shape index (κ3) is 4.71. The van der Waals surface area contributed by atoms with Crippen molar-refractivity contribution in [2.24, 2.45) is 0 Å². The smallest absolute Gasteiger partial charge is 0.224 e. The van der Waals surface area contributed by atoms with Gasteiger partial charge in [0.25, 0.3) is 0 Å². The fourth-order valence-corrected chi connectivity index (χ4v) is 3.97. The van der Waals surface area contributed by atoms with Crippen molar-refractivity contribution in [3.63, 3.8) is 0 Å². The maximum absolute atomic E-state index is 12.6. The second kappa shape index (κ2) is 7.59. The van der Waals surface area contributed by atoms with E-state index in [-0.39, 0.29) is 30.3 Å². The minimum atomic E-state index is -3.27. The summed E-state index contributed by atoms with van der Waals surface area (Å²) >= 11 is 0. The minimum Gasteiger partial charge on any atom is -0.346 e. The number of likely N-dealkylation sites (tertiary alicyclic amines) is 1. The number of piperazine rings is 1. The zero-order chi connectivity index (χ0) is 18.8. The quantitative estimate of drug-likeness (QED) is 0.658. The summed E-state index contributed by atoms with van der Waals surface area (Å²) < 4.78 is 24.1. The highest BCUT2D eigenvalue weighted by atomic mass is 32.2. The van der Waals surface area contributed by atoms with Crippen LogP contribution in [0.5, 0.6) is 0 Å². The number of carbonyl (C=O) groups excluding carboxylic acids is 2. The summed E-state index contributed by atoms with van der Waals surface area (Å²) in [5.41, 5.74) is -0.170. The predicted molar refractivity (Wildman–Crippen MR) is 95.5 cm³/mol. The lowest BCUT2D eigenvalue weighted by Crippen LogP contribution is -2.62. The molecule has 8 nitrogen and oxygen atoms in total. The number of rotatable bonds is 4. The van der Waals surface area contributed by atoms with E-state index in [0.717, 1.165) is 25.6 Å². The predicted octanol–water partition coefficient (Wildman–Crippen LogP) is -0.577. The molecule has 2 fully saturated rings. The number of hydrogen-bond donors (Lipinski definition) is 0. The topological polar surface area (TPSA) is 81.2 Å². The molecule has 0 N–H and O–H groups in total. The Labute approximate surface area is 150 Å². The molecule has 0 aromatic carbocycles. The Morgan fingerprint density at radius 3 is 2.52 bits per heavy atom. The van der Waals surface area contributed by atoms with Crippen LogP contribution >= 0.6 is 0 Å². The number of likely N-dealkylation sites (N-methyl/N-ethyl adjacent to an activating group) is 1. The van der Waals surface area contributed by atoms with E-state index in [1.807, 2.05) is 11.9 Å². The van der Waals surface area contributed by atoms with Crippen LogP contribution < -0.4 is 0 Å². The van der Waals surface area contributed by atoms with E-state index in [4.69, 9.17) is 0 Å². The molecule has 1 atom stereocenters. The average Bonchev–Trinajstić information content (AvgIpc) is 2.68. The van der Waals surface area contributed by atoms with Crippen LogP contribution in [0.15, 0.2) is 0 Å². The molecule has 1 unspecified atom stereocenters. The van der Waals surface area contributed by atoms with Crippen molar-refractivity contribution in [2.45, 2.75) is 31.2 Å². The first-order valence-electron chi connectivity index (χ1n) is 8.69. The summed E-state index contributed by atoms with van der Waals surface area (Å²) in [5, 5.41) is 0. The Morgan fingerprint density at radius 2 is 1.88 bits per heavy atom. The van der Waals surface area contributed by atoms with Crippen molar-refractivity contribution in [3.8, 4) is 0 Å². The van der Waals surface area contributed by atoms with E-state index in [2.05, 4.69) is 11.9 Å². The van der Waals surface area contributed by atoms with E-state index in [9.17, 15) is 18.0 Å². The third-order valence-corrected chi connectivity index (χ3v) is 7.02.